The Morgan fingerprint density at radius 2 is 2.12 bits per heavy atom. The lowest BCUT2D eigenvalue weighted by Crippen LogP contribution is -2.07. The van der Waals surface area contributed by atoms with Crippen molar-refractivity contribution in [3.63, 3.8) is 0 Å². The van der Waals surface area contributed by atoms with Crippen molar-refractivity contribution in [2.24, 2.45) is 0 Å². The maximum Gasteiger partial charge on any atom is 0.211 e. The first kappa shape index (κ1) is 15.7. The van der Waals surface area contributed by atoms with E-state index < -0.39 is 0 Å². The molecule has 2 heterocycles. The van der Waals surface area contributed by atoms with E-state index in [-0.39, 0.29) is 5.43 Å². The molecule has 2 aromatic heterocycles. The van der Waals surface area contributed by atoms with Crippen LogP contribution < -0.4 is 5.43 Å². The first-order chi connectivity index (χ1) is 11.8. The molecule has 0 bridgehead atoms. The van der Waals surface area contributed by atoms with Crippen LogP contribution in [-0.2, 0) is 25.1 Å². The van der Waals surface area contributed by atoms with Crippen LogP contribution in [0, 0.1) is 0 Å². The van der Waals surface area contributed by atoms with Gasteiger partial charge in [-0.2, -0.15) is 0 Å². The highest BCUT2D eigenvalue weighted by Crippen LogP contribution is 2.32. The second-order valence-corrected chi connectivity index (χ2v) is 7.93. The number of imidazole rings is 1. The summed E-state index contributed by atoms with van der Waals surface area (Å²) < 4.78 is 2.14. The molecule has 122 valence electrons. The Morgan fingerprint density at radius 1 is 1.29 bits per heavy atom. The van der Waals surface area contributed by atoms with Crippen LogP contribution in [0.2, 0.25) is 0 Å². The summed E-state index contributed by atoms with van der Waals surface area (Å²) in [6, 6.07) is 10.3. The quantitative estimate of drug-likeness (QED) is 0.502. The Bertz CT molecular complexity index is 957. The third kappa shape index (κ3) is 2.72. The average Bonchev–Trinajstić information content (AvgIpc) is 3.21. The number of thioether (sulfide) groups is 1. The third-order valence-electron chi connectivity index (χ3n) is 4.28. The normalized spacial score (nSPS) is 13.3. The van der Waals surface area contributed by atoms with E-state index in [1.54, 1.807) is 23.1 Å². The first-order valence-electron chi connectivity index (χ1n) is 8.10. The summed E-state index contributed by atoms with van der Waals surface area (Å²) in [6.07, 6.45) is 4.89. The molecule has 5 heteroatoms. The number of nitrogens with zero attached hydrogens (tertiary/aromatic N) is 2. The second-order valence-electron chi connectivity index (χ2n) is 5.91. The van der Waals surface area contributed by atoms with Crippen molar-refractivity contribution < 1.29 is 0 Å². The molecule has 1 aromatic carbocycles. The van der Waals surface area contributed by atoms with E-state index in [1.807, 2.05) is 24.3 Å². The van der Waals surface area contributed by atoms with Crippen LogP contribution in [0.15, 0.2) is 52.9 Å². The maximum atomic E-state index is 12.8. The van der Waals surface area contributed by atoms with Gasteiger partial charge in [-0.3, -0.25) is 4.79 Å². The highest BCUT2D eigenvalue weighted by atomic mass is 32.2. The van der Waals surface area contributed by atoms with Gasteiger partial charge in [0.15, 0.2) is 5.16 Å². The molecule has 0 amide bonds. The van der Waals surface area contributed by atoms with Crippen LogP contribution in [-0.4, -0.2) is 9.55 Å². The summed E-state index contributed by atoms with van der Waals surface area (Å²) in [5.41, 5.74) is 3.03. The zero-order valence-electron chi connectivity index (χ0n) is 13.3. The van der Waals surface area contributed by atoms with E-state index in [2.05, 4.69) is 23.3 Å². The molecular weight excluding hydrogens is 336 g/mol. The Hall–Kier alpha value is -1.85. The van der Waals surface area contributed by atoms with Crippen LogP contribution in [0.1, 0.15) is 22.4 Å². The molecule has 0 N–H and O–H groups in total. The van der Waals surface area contributed by atoms with Crippen molar-refractivity contribution >= 4 is 33.4 Å². The number of aromatic nitrogens is 2. The molecule has 0 aliphatic heterocycles. The van der Waals surface area contributed by atoms with Gasteiger partial charge in [0.25, 0.3) is 0 Å². The Labute approximate surface area is 149 Å². The van der Waals surface area contributed by atoms with E-state index in [0.29, 0.717) is 12.1 Å². The number of rotatable bonds is 5. The number of hydrogen-bond acceptors (Lipinski definition) is 4. The molecule has 0 saturated carbocycles. The Balaban J connectivity index is 1.77. The zero-order chi connectivity index (χ0) is 16.5. The summed E-state index contributed by atoms with van der Waals surface area (Å²) in [5, 5.41) is 0.908. The second kappa shape index (κ2) is 6.57. The average molecular weight is 355 g/mol. The molecule has 24 heavy (non-hydrogen) atoms. The van der Waals surface area contributed by atoms with Gasteiger partial charge in [-0.05, 0) is 24.8 Å². The van der Waals surface area contributed by atoms with Crippen molar-refractivity contribution in [2.45, 2.75) is 36.7 Å². The van der Waals surface area contributed by atoms with Crippen LogP contribution in [0.5, 0.6) is 0 Å². The number of allylic oxidation sites excluding steroid dienone is 1. The van der Waals surface area contributed by atoms with Crippen molar-refractivity contribution in [1.29, 1.82) is 0 Å². The highest BCUT2D eigenvalue weighted by Gasteiger charge is 2.22. The van der Waals surface area contributed by atoms with Gasteiger partial charge in [-0.1, -0.05) is 48.2 Å². The standard InChI is InChI=1S/C19H18N2OS2/c1-2-11-21-18-16(17(22)14-9-6-10-15(14)24-18)20-19(21)23-12-13-7-4-3-5-8-13/h2-5,7-8H,1,6,9-12H2. The van der Waals surface area contributed by atoms with Gasteiger partial charge in [0.1, 0.15) is 10.3 Å². The zero-order valence-corrected chi connectivity index (χ0v) is 15.0. The third-order valence-corrected chi connectivity index (χ3v) is 6.64. The lowest BCUT2D eigenvalue weighted by Gasteiger charge is -2.06. The fraction of sp³-hybridized carbons (Fsp3) is 0.263. The summed E-state index contributed by atoms with van der Waals surface area (Å²) >= 11 is 3.42. The first-order valence-corrected chi connectivity index (χ1v) is 9.91. The minimum absolute atomic E-state index is 0.139. The topological polar surface area (TPSA) is 34.9 Å². The minimum Gasteiger partial charge on any atom is -0.307 e. The van der Waals surface area contributed by atoms with E-state index in [1.165, 1.54) is 10.4 Å². The fourth-order valence-corrected chi connectivity index (χ4v) is 5.45. The van der Waals surface area contributed by atoms with Crippen LogP contribution in [0.4, 0.5) is 0 Å². The number of benzene rings is 1. The predicted molar refractivity (Wildman–Crippen MR) is 102 cm³/mol. The molecule has 4 rings (SSSR count). The van der Waals surface area contributed by atoms with Gasteiger partial charge in [0.05, 0.1) is 0 Å². The van der Waals surface area contributed by atoms with E-state index >= 15 is 0 Å². The van der Waals surface area contributed by atoms with Crippen LogP contribution >= 0.6 is 23.1 Å². The summed E-state index contributed by atoms with van der Waals surface area (Å²) in [7, 11) is 0. The number of aryl methyl sites for hydroxylation is 1. The van der Waals surface area contributed by atoms with Crippen LogP contribution in [0.25, 0.3) is 10.3 Å². The molecule has 0 fully saturated rings. The lowest BCUT2D eigenvalue weighted by molar-refractivity contribution is 0.752. The molecular formula is C19H18N2OS2. The van der Waals surface area contributed by atoms with Crippen molar-refractivity contribution in [2.75, 3.05) is 0 Å². The van der Waals surface area contributed by atoms with Gasteiger partial charge in [0, 0.05) is 22.7 Å². The molecule has 1 aliphatic carbocycles. The maximum absolute atomic E-state index is 12.8. The van der Waals surface area contributed by atoms with Gasteiger partial charge >= 0.3 is 0 Å². The largest absolute Gasteiger partial charge is 0.307 e. The number of fused-ring (bicyclic) bond motifs is 2. The molecule has 0 radical (unpaired) electrons. The molecule has 0 unspecified atom stereocenters. The molecule has 0 atom stereocenters. The van der Waals surface area contributed by atoms with Crippen LogP contribution in [0.3, 0.4) is 0 Å². The lowest BCUT2D eigenvalue weighted by atomic mass is 10.2. The van der Waals surface area contributed by atoms with Gasteiger partial charge in [-0.15, -0.1) is 17.9 Å². The van der Waals surface area contributed by atoms with Crippen molar-refractivity contribution in [3.05, 3.63) is 69.2 Å². The number of hydrogen-bond donors (Lipinski definition) is 0. The van der Waals surface area contributed by atoms with Crippen molar-refractivity contribution in [1.82, 2.24) is 9.55 Å². The molecule has 1 aliphatic rings. The van der Waals surface area contributed by atoms with E-state index in [9.17, 15) is 4.79 Å². The smallest absolute Gasteiger partial charge is 0.211 e. The van der Waals surface area contributed by atoms with E-state index in [4.69, 9.17) is 4.98 Å². The van der Waals surface area contributed by atoms with E-state index in [0.717, 1.165) is 40.6 Å². The summed E-state index contributed by atoms with van der Waals surface area (Å²) in [4.78, 5) is 19.7. The molecule has 3 aromatic rings. The molecule has 3 nitrogen and oxygen atoms in total. The Kier molecular flexibility index (Phi) is 4.29. The van der Waals surface area contributed by atoms with Crippen molar-refractivity contribution in [3.8, 4) is 0 Å². The summed E-state index contributed by atoms with van der Waals surface area (Å²) in [5.74, 6) is 0.847. The Morgan fingerprint density at radius 3 is 2.92 bits per heavy atom. The molecule has 0 spiro atoms. The van der Waals surface area contributed by atoms with Gasteiger partial charge < -0.3 is 4.57 Å². The highest BCUT2D eigenvalue weighted by molar-refractivity contribution is 7.98. The fourth-order valence-electron chi connectivity index (χ4n) is 3.12. The van der Waals surface area contributed by atoms with Gasteiger partial charge in [0.2, 0.25) is 5.43 Å². The molecule has 0 saturated heterocycles. The summed E-state index contributed by atoms with van der Waals surface area (Å²) in [6.45, 7) is 4.55. The minimum atomic E-state index is 0.139. The van der Waals surface area contributed by atoms with Gasteiger partial charge in [-0.25, -0.2) is 4.98 Å². The predicted octanol–water partition coefficient (Wildman–Crippen LogP) is 4.43. The monoisotopic (exact) mass is 354 g/mol. The SMILES string of the molecule is C=CCn1c(SCc2ccccc2)nc2c(=O)c3c(sc21)CCC3.